The number of thiocarbonyl (C=S) groups is 1. The zero-order valence-electron chi connectivity index (χ0n) is 8.81. The van der Waals surface area contributed by atoms with E-state index in [1.807, 2.05) is 5.38 Å². The van der Waals surface area contributed by atoms with Gasteiger partial charge in [-0.2, -0.15) is 0 Å². The highest BCUT2D eigenvalue weighted by atomic mass is 32.1. The molecule has 17 heavy (non-hydrogen) atoms. The Balaban J connectivity index is 2.21. The third-order valence-electron chi connectivity index (χ3n) is 2.17. The second-order valence-electron chi connectivity index (χ2n) is 3.31. The van der Waals surface area contributed by atoms with Crippen molar-refractivity contribution in [2.75, 3.05) is 5.32 Å². The zero-order chi connectivity index (χ0) is 12.3. The lowest BCUT2D eigenvalue weighted by Gasteiger charge is -2.10. The lowest BCUT2D eigenvalue weighted by atomic mass is 10.1. The lowest BCUT2D eigenvalue weighted by Crippen LogP contribution is -2.15. The van der Waals surface area contributed by atoms with Gasteiger partial charge in [0.25, 0.3) is 0 Å². The standard InChI is InChI=1S/C11H10FN3S2/c12-7-2-1-3-8(10(7)11(13)16)15-6-9-14-4-5-17-9/h1-5,15H,6H2,(H2,13,16). The molecule has 88 valence electrons. The van der Waals surface area contributed by atoms with Gasteiger partial charge in [0.2, 0.25) is 0 Å². The first-order valence-corrected chi connectivity index (χ1v) is 6.18. The van der Waals surface area contributed by atoms with Gasteiger partial charge >= 0.3 is 0 Å². The predicted octanol–water partition coefficient (Wildman–Crippen LogP) is 2.53. The van der Waals surface area contributed by atoms with Crippen LogP contribution in [-0.2, 0) is 6.54 Å². The first-order valence-electron chi connectivity index (χ1n) is 4.89. The Labute approximate surface area is 107 Å². The van der Waals surface area contributed by atoms with Gasteiger partial charge in [0.05, 0.1) is 12.1 Å². The van der Waals surface area contributed by atoms with Crippen LogP contribution in [0.25, 0.3) is 0 Å². The molecule has 0 saturated heterocycles. The van der Waals surface area contributed by atoms with Crippen molar-refractivity contribution in [3.63, 3.8) is 0 Å². The molecule has 0 fully saturated rings. The zero-order valence-corrected chi connectivity index (χ0v) is 10.4. The highest BCUT2D eigenvalue weighted by Gasteiger charge is 2.10. The number of aromatic nitrogens is 1. The number of nitrogens with two attached hydrogens (primary N) is 1. The molecule has 0 aliphatic carbocycles. The van der Waals surface area contributed by atoms with Gasteiger partial charge in [0.15, 0.2) is 0 Å². The number of hydrogen-bond acceptors (Lipinski definition) is 4. The third kappa shape index (κ3) is 2.78. The number of nitrogens with zero attached hydrogens (tertiary/aromatic N) is 1. The summed E-state index contributed by atoms with van der Waals surface area (Å²) in [6.45, 7) is 0.525. The lowest BCUT2D eigenvalue weighted by molar-refractivity contribution is 0.626. The minimum atomic E-state index is -0.415. The van der Waals surface area contributed by atoms with Crippen LogP contribution < -0.4 is 11.1 Å². The van der Waals surface area contributed by atoms with E-state index >= 15 is 0 Å². The Bertz CT molecular complexity index is 526. The summed E-state index contributed by atoms with van der Waals surface area (Å²) >= 11 is 6.37. The Morgan fingerprint density at radius 3 is 3.00 bits per heavy atom. The van der Waals surface area contributed by atoms with Crippen LogP contribution in [0.5, 0.6) is 0 Å². The maximum absolute atomic E-state index is 13.5. The van der Waals surface area contributed by atoms with Crippen LogP contribution in [-0.4, -0.2) is 9.97 Å². The molecule has 3 N–H and O–H groups in total. The SMILES string of the molecule is NC(=S)c1c(F)cccc1NCc1nccs1. The van der Waals surface area contributed by atoms with Gasteiger partial charge in [-0.25, -0.2) is 9.37 Å². The molecule has 0 spiro atoms. The number of anilines is 1. The van der Waals surface area contributed by atoms with E-state index in [1.54, 1.807) is 18.3 Å². The van der Waals surface area contributed by atoms with Crippen LogP contribution >= 0.6 is 23.6 Å². The van der Waals surface area contributed by atoms with Gasteiger partial charge in [-0.15, -0.1) is 11.3 Å². The summed E-state index contributed by atoms with van der Waals surface area (Å²) < 4.78 is 13.5. The Morgan fingerprint density at radius 1 is 1.53 bits per heavy atom. The van der Waals surface area contributed by atoms with E-state index in [0.717, 1.165) is 5.01 Å². The van der Waals surface area contributed by atoms with E-state index in [0.29, 0.717) is 12.2 Å². The summed E-state index contributed by atoms with van der Waals surface area (Å²) in [5, 5.41) is 5.88. The maximum atomic E-state index is 13.5. The molecule has 6 heteroatoms. The smallest absolute Gasteiger partial charge is 0.135 e. The highest BCUT2D eigenvalue weighted by molar-refractivity contribution is 7.80. The van der Waals surface area contributed by atoms with Crippen molar-refractivity contribution in [1.82, 2.24) is 4.98 Å². The largest absolute Gasteiger partial charge is 0.389 e. The van der Waals surface area contributed by atoms with Crippen LogP contribution in [0, 0.1) is 5.82 Å². The maximum Gasteiger partial charge on any atom is 0.135 e. The Kier molecular flexibility index (Phi) is 3.65. The van der Waals surface area contributed by atoms with Crippen LogP contribution in [0.3, 0.4) is 0 Å². The Hall–Kier alpha value is -1.53. The number of halogens is 1. The van der Waals surface area contributed by atoms with Crippen molar-refractivity contribution in [3.8, 4) is 0 Å². The van der Waals surface area contributed by atoms with E-state index < -0.39 is 5.82 Å². The second-order valence-corrected chi connectivity index (χ2v) is 4.72. The van der Waals surface area contributed by atoms with Crippen molar-refractivity contribution in [2.45, 2.75) is 6.54 Å². The van der Waals surface area contributed by atoms with Gasteiger partial charge in [-0.1, -0.05) is 18.3 Å². The van der Waals surface area contributed by atoms with E-state index in [9.17, 15) is 4.39 Å². The Morgan fingerprint density at radius 2 is 2.35 bits per heavy atom. The number of benzene rings is 1. The molecule has 1 aromatic carbocycles. The third-order valence-corrected chi connectivity index (χ3v) is 3.16. The number of nitrogens with one attached hydrogen (secondary N) is 1. The molecule has 0 saturated carbocycles. The summed E-state index contributed by atoms with van der Waals surface area (Å²) in [5.74, 6) is -0.415. The summed E-state index contributed by atoms with van der Waals surface area (Å²) in [7, 11) is 0. The van der Waals surface area contributed by atoms with E-state index in [2.05, 4.69) is 10.3 Å². The number of hydrogen-bond donors (Lipinski definition) is 2. The summed E-state index contributed by atoms with van der Waals surface area (Å²) in [4.78, 5) is 4.17. The van der Waals surface area contributed by atoms with E-state index in [1.165, 1.54) is 17.4 Å². The van der Waals surface area contributed by atoms with E-state index in [-0.39, 0.29) is 10.6 Å². The summed E-state index contributed by atoms with van der Waals surface area (Å²) in [6, 6.07) is 4.69. The fourth-order valence-corrected chi connectivity index (χ4v) is 2.20. The molecule has 0 bridgehead atoms. The molecule has 0 radical (unpaired) electrons. The summed E-state index contributed by atoms with van der Waals surface area (Å²) in [6.07, 6.45) is 1.72. The molecule has 1 aromatic heterocycles. The number of rotatable bonds is 4. The second kappa shape index (κ2) is 5.20. The van der Waals surface area contributed by atoms with Crippen molar-refractivity contribution < 1.29 is 4.39 Å². The first kappa shape index (κ1) is 11.9. The fraction of sp³-hybridized carbons (Fsp3) is 0.0909. The molecule has 0 amide bonds. The molecule has 0 atom stereocenters. The fourth-order valence-electron chi connectivity index (χ4n) is 1.43. The molecule has 2 rings (SSSR count). The van der Waals surface area contributed by atoms with Crippen molar-refractivity contribution in [2.24, 2.45) is 5.73 Å². The molecule has 0 unspecified atom stereocenters. The quantitative estimate of drug-likeness (QED) is 0.836. The highest BCUT2D eigenvalue weighted by Crippen LogP contribution is 2.20. The van der Waals surface area contributed by atoms with Gasteiger partial charge in [0.1, 0.15) is 15.8 Å². The topological polar surface area (TPSA) is 50.9 Å². The minimum Gasteiger partial charge on any atom is -0.389 e. The van der Waals surface area contributed by atoms with Crippen LogP contribution in [0.1, 0.15) is 10.6 Å². The average Bonchev–Trinajstić information content (AvgIpc) is 2.78. The van der Waals surface area contributed by atoms with Gasteiger partial charge < -0.3 is 11.1 Å². The molecule has 2 aromatic rings. The normalized spacial score (nSPS) is 10.2. The first-order chi connectivity index (χ1) is 8.18. The molecular formula is C11H10FN3S2. The van der Waals surface area contributed by atoms with E-state index in [4.69, 9.17) is 18.0 Å². The van der Waals surface area contributed by atoms with Crippen molar-refractivity contribution in [3.05, 3.63) is 46.2 Å². The molecule has 1 heterocycles. The van der Waals surface area contributed by atoms with Crippen molar-refractivity contribution >= 4 is 34.2 Å². The monoisotopic (exact) mass is 267 g/mol. The molecular weight excluding hydrogens is 257 g/mol. The average molecular weight is 267 g/mol. The molecule has 3 nitrogen and oxygen atoms in total. The molecule has 0 aliphatic heterocycles. The van der Waals surface area contributed by atoms with Crippen LogP contribution in [0.15, 0.2) is 29.8 Å². The van der Waals surface area contributed by atoms with Crippen LogP contribution in [0.2, 0.25) is 0 Å². The van der Waals surface area contributed by atoms with Gasteiger partial charge in [-0.05, 0) is 12.1 Å². The summed E-state index contributed by atoms with van der Waals surface area (Å²) in [5.41, 5.74) is 6.34. The van der Waals surface area contributed by atoms with Gasteiger partial charge in [0, 0.05) is 17.3 Å². The van der Waals surface area contributed by atoms with Crippen LogP contribution in [0.4, 0.5) is 10.1 Å². The van der Waals surface area contributed by atoms with Gasteiger partial charge in [-0.3, -0.25) is 0 Å². The number of thiazole rings is 1. The minimum absolute atomic E-state index is 0.0461. The molecule has 0 aliphatic rings. The van der Waals surface area contributed by atoms with Crippen molar-refractivity contribution in [1.29, 1.82) is 0 Å². The predicted molar refractivity (Wildman–Crippen MR) is 71.7 cm³/mol.